The number of para-hydroxylation sites is 6. The predicted octanol–water partition coefficient (Wildman–Crippen LogP) is 22.8. The van der Waals surface area contributed by atoms with Crippen molar-refractivity contribution in [1.29, 1.82) is 10.8 Å². The van der Waals surface area contributed by atoms with Crippen molar-refractivity contribution in [3.63, 3.8) is 0 Å². The maximum atomic E-state index is 9.97. The van der Waals surface area contributed by atoms with Crippen LogP contribution in [0.2, 0.25) is 0 Å². The summed E-state index contributed by atoms with van der Waals surface area (Å²) in [5, 5.41) is 28.8. The molecular formula is C94H64N10. The Kier molecular flexibility index (Phi) is 14.9. The Hall–Kier alpha value is -14.2. The molecule has 19 aromatic rings. The highest BCUT2D eigenvalue weighted by atomic mass is 15.4. The Morgan fingerprint density at radius 1 is 0.231 bits per heavy atom. The van der Waals surface area contributed by atoms with E-state index < -0.39 is 0 Å². The molecule has 0 bridgehead atoms. The van der Waals surface area contributed by atoms with Gasteiger partial charge in [0.25, 0.3) is 0 Å². The molecule has 104 heavy (non-hydrogen) atoms. The molecule has 19 rings (SSSR count). The number of aliphatic imine (C=N–C) groups is 2. The molecule has 10 heteroatoms. The molecule has 10 nitrogen and oxygen atoms in total. The highest BCUT2D eigenvalue weighted by Crippen LogP contribution is 2.43. The molecule has 4 N–H and O–H groups in total. The summed E-state index contributed by atoms with van der Waals surface area (Å²) in [4.78, 5) is 10.5. The third-order valence-corrected chi connectivity index (χ3v) is 20.2. The molecular weight excluding hydrogens is 1270 g/mol. The predicted molar refractivity (Wildman–Crippen MR) is 434 cm³/mol. The summed E-state index contributed by atoms with van der Waals surface area (Å²) in [5.74, 6) is 1.25. The second-order valence-corrected chi connectivity index (χ2v) is 26.3. The zero-order valence-electron chi connectivity index (χ0n) is 56.3. The average Bonchev–Trinajstić information content (AvgIpc) is 1.56. The van der Waals surface area contributed by atoms with Gasteiger partial charge in [-0.25, -0.2) is 9.98 Å². The van der Waals surface area contributed by atoms with Crippen molar-refractivity contribution in [2.24, 2.45) is 9.98 Å². The molecule has 0 saturated heterocycles. The molecule has 0 radical (unpaired) electrons. The first kappa shape index (κ1) is 60.9. The molecule has 0 aliphatic heterocycles. The van der Waals surface area contributed by atoms with E-state index in [1.54, 1.807) is 0 Å². The van der Waals surface area contributed by atoms with Crippen LogP contribution in [0.4, 0.5) is 0 Å². The lowest BCUT2D eigenvalue weighted by molar-refractivity contribution is 1.08. The lowest BCUT2D eigenvalue weighted by atomic mass is 9.97. The van der Waals surface area contributed by atoms with Crippen molar-refractivity contribution in [1.82, 2.24) is 18.5 Å². The van der Waals surface area contributed by atoms with Gasteiger partial charge in [-0.05, 0) is 129 Å². The van der Waals surface area contributed by atoms with Gasteiger partial charge in [-0.2, -0.15) is 0 Å². The second kappa shape index (κ2) is 25.5. The number of hydrogen-bond donors (Lipinski definition) is 4. The summed E-state index contributed by atoms with van der Waals surface area (Å²) in [6, 6.07) is 127. The van der Waals surface area contributed by atoms with Crippen molar-refractivity contribution in [3.05, 3.63) is 386 Å². The van der Waals surface area contributed by atoms with E-state index in [4.69, 9.17) is 9.98 Å². The number of rotatable bonds is 12. The fourth-order valence-electron chi connectivity index (χ4n) is 15.3. The third-order valence-electron chi connectivity index (χ3n) is 20.2. The van der Waals surface area contributed by atoms with Crippen LogP contribution in [-0.4, -0.2) is 41.8 Å². The lowest BCUT2D eigenvalue weighted by Gasteiger charge is -2.16. The first-order valence-electron chi connectivity index (χ1n) is 35.0. The van der Waals surface area contributed by atoms with E-state index in [-0.39, 0.29) is 11.7 Å². The average molecular weight is 1330 g/mol. The van der Waals surface area contributed by atoms with Gasteiger partial charge >= 0.3 is 0 Å². The molecule has 0 aliphatic carbocycles. The number of nitrogens with zero attached hydrogens (tertiary/aromatic N) is 6. The van der Waals surface area contributed by atoms with Crippen LogP contribution in [0, 0.1) is 10.8 Å². The first-order valence-corrected chi connectivity index (χ1v) is 35.0. The third kappa shape index (κ3) is 10.6. The van der Waals surface area contributed by atoms with Crippen LogP contribution in [0.1, 0.15) is 22.3 Å². The molecule has 0 amide bonds. The molecule has 4 heterocycles. The molecule has 0 spiro atoms. The Morgan fingerprint density at radius 3 is 1.02 bits per heavy atom. The summed E-state index contributed by atoms with van der Waals surface area (Å²) < 4.78 is 9.05. The maximum Gasteiger partial charge on any atom is 0.154 e. The second-order valence-electron chi connectivity index (χ2n) is 26.3. The molecule has 490 valence electrons. The van der Waals surface area contributed by atoms with Crippen molar-refractivity contribution < 1.29 is 0 Å². The van der Waals surface area contributed by atoms with Crippen molar-refractivity contribution in [2.45, 2.75) is 0 Å². The zero-order chi connectivity index (χ0) is 69.2. The monoisotopic (exact) mass is 1330 g/mol. The standard InChI is InChI=1S/C94H64N10/c95-91(70-34-22-30-66(58-70)61-25-5-1-6-26-61)97-93(99-103-83-47-19-15-43-79(83)87-85(103)55-53-77-75-41-13-17-45-81(75)101(89(77)87)73-37-9-3-10-38-73)64-51-49-63(50-52-64)65-29-21-32-68(57-65)69-33-23-35-71(59-69)92(96)98-94(72-36-24-31-67(60-72)62-27-7-2-8-28-62)100-104-84-48-20-16-44-80(84)88-86(104)56-54-78-76-42-14-18-46-82(76)102(90(78)88)74-39-11-4-12-40-74/h1-60H,(H2,95,97,99)(H2,96,98,100). The SMILES string of the molecule is N=C(N=C(Nn1c2ccccc2c2c1ccc1c3ccccc3n(-c3ccccc3)c12)c1ccc(-c2cccc(-c3cccc(C(=N)N=C(Nn4c5ccccc5c5c4ccc4c6ccccc6n(-c6ccccc6)c45)c4cccc(-c5ccccc5)c4)c3)c2)cc1)c1cccc(-c2ccccc2)c1. The van der Waals surface area contributed by atoms with E-state index in [0.29, 0.717) is 22.8 Å². The number of benzene rings is 15. The van der Waals surface area contributed by atoms with Crippen molar-refractivity contribution >= 4 is 111 Å². The minimum atomic E-state index is 0.103. The van der Waals surface area contributed by atoms with Gasteiger partial charge in [-0.3, -0.25) is 31.0 Å². The minimum Gasteiger partial charge on any atom is -0.309 e. The van der Waals surface area contributed by atoms with Crippen molar-refractivity contribution in [2.75, 3.05) is 10.9 Å². The summed E-state index contributed by atoms with van der Waals surface area (Å²) >= 11 is 0. The Labute approximate surface area is 599 Å². The zero-order valence-corrected chi connectivity index (χ0v) is 56.3. The van der Waals surface area contributed by atoms with Crippen LogP contribution in [0.15, 0.2) is 374 Å². The van der Waals surface area contributed by atoms with E-state index in [2.05, 4.69) is 339 Å². The smallest absolute Gasteiger partial charge is 0.154 e. The van der Waals surface area contributed by atoms with Crippen LogP contribution in [0.5, 0.6) is 0 Å². The molecule has 0 saturated carbocycles. The van der Waals surface area contributed by atoms with E-state index in [1.807, 2.05) is 54.6 Å². The normalized spacial score (nSPS) is 12.0. The van der Waals surface area contributed by atoms with Gasteiger partial charge in [0, 0.05) is 76.7 Å². The highest BCUT2D eigenvalue weighted by molar-refractivity contribution is 6.28. The van der Waals surface area contributed by atoms with Crippen LogP contribution in [0.25, 0.3) is 143 Å². The van der Waals surface area contributed by atoms with Crippen LogP contribution < -0.4 is 10.9 Å². The van der Waals surface area contributed by atoms with Gasteiger partial charge in [-0.1, -0.05) is 279 Å². The molecule has 0 unspecified atom stereocenters. The summed E-state index contributed by atoms with van der Waals surface area (Å²) in [7, 11) is 0. The van der Waals surface area contributed by atoms with Gasteiger partial charge in [0.1, 0.15) is 0 Å². The largest absolute Gasteiger partial charge is 0.309 e. The van der Waals surface area contributed by atoms with E-state index in [9.17, 15) is 10.8 Å². The summed E-state index contributed by atoms with van der Waals surface area (Å²) in [6.45, 7) is 0. The fraction of sp³-hybridized carbons (Fsp3) is 0. The Balaban J connectivity index is 0.685. The van der Waals surface area contributed by atoms with Gasteiger partial charge in [0.05, 0.1) is 44.1 Å². The van der Waals surface area contributed by atoms with Gasteiger partial charge in [0.2, 0.25) is 0 Å². The molecule has 15 aromatic carbocycles. The molecule has 0 fully saturated rings. The van der Waals surface area contributed by atoms with Crippen molar-refractivity contribution in [3.8, 4) is 55.9 Å². The number of nitrogens with one attached hydrogen (secondary N) is 4. The van der Waals surface area contributed by atoms with E-state index in [0.717, 1.165) is 138 Å². The Bertz CT molecular complexity index is 6680. The van der Waals surface area contributed by atoms with Crippen LogP contribution in [0.3, 0.4) is 0 Å². The highest BCUT2D eigenvalue weighted by Gasteiger charge is 2.25. The van der Waals surface area contributed by atoms with Crippen LogP contribution >= 0.6 is 0 Å². The number of hydrogen-bond acceptors (Lipinski definition) is 2. The lowest BCUT2D eigenvalue weighted by Crippen LogP contribution is -2.25. The van der Waals surface area contributed by atoms with Gasteiger partial charge in [-0.15, -0.1) is 0 Å². The topological polar surface area (TPSA) is 116 Å². The van der Waals surface area contributed by atoms with E-state index >= 15 is 0 Å². The summed E-state index contributed by atoms with van der Waals surface area (Å²) in [6.07, 6.45) is 0. The Morgan fingerprint density at radius 2 is 0.558 bits per heavy atom. The quantitative estimate of drug-likeness (QED) is 0.0721. The number of aromatic nitrogens is 4. The van der Waals surface area contributed by atoms with E-state index in [1.165, 1.54) is 16.2 Å². The first-order chi connectivity index (χ1) is 51.4. The molecule has 4 aromatic heterocycles. The van der Waals surface area contributed by atoms with Gasteiger partial charge in [0.15, 0.2) is 23.3 Å². The minimum absolute atomic E-state index is 0.103. The summed E-state index contributed by atoms with van der Waals surface area (Å²) in [5.41, 5.74) is 29.4. The van der Waals surface area contributed by atoms with Crippen LogP contribution in [-0.2, 0) is 0 Å². The number of amidine groups is 4. The fourth-order valence-corrected chi connectivity index (χ4v) is 15.3. The number of fused-ring (bicyclic) bond motifs is 14. The van der Waals surface area contributed by atoms with Gasteiger partial charge < -0.3 is 9.13 Å². The molecule has 0 atom stereocenters. The maximum absolute atomic E-state index is 9.97. The molecule has 0 aliphatic rings.